The number of ether oxygens (including phenoxy) is 1. The monoisotopic (exact) mass is 235 g/mol. The van der Waals surface area contributed by atoms with Crippen molar-refractivity contribution in [2.24, 2.45) is 0 Å². The van der Waals surface area contributed by atoms with Crippen molar-refractivity contribution in [3.63, 3.8) is 0 Å². The summed E-state index contributed by atoms with van der Waals surface area (Å²) in [5, 5.41) is 9.92. The van der Waals surface area contributed by atoms with Crippen LogP contribution in [-0.4, -0.2) is 36.1 Å². The first-order chi connectivity index (χ1) is 8.20. The van der Waals surface area contributed by atoms with Crippen molar-refractivity contribution in [3.05, 3.63) is 29.8 Å². The predicted octanol–water partition coefficient (Wildman–Crippen LogP) is 1.35. The molecule has 1 atom stereocenters. The van der Waals surface area contributed by atoms with Crippen LogP contribution in [0.3, 0.4) is 0 Å². The average Bonchev–Trinajstić information content (AvgIpc) is 3.20. The molecule has 1 fully saturated rings. The zero-order chi connectivity index (χ0) is 12.3. The number of nitrogens with zero attached hydrogens (tertiary/aromatic N) is 1. The van der Waals surface area contributed by atoms with Crippen LogP contribution in [0.5, 0.6) is 5.75 Å². The third-order valence-electron chi connectivity index (χ3n) is 2.93. The van der Waals surface area contributed by atoms with E-state index in [-0.39, 0.29) is 5.91 Å². The molecule has 0 radical (unpaired) electrons. The summed E-state index contributed by atoms with van der Waals surface area (Å²) in [6, 6.07) is 7.27. The zero-order valence-electron chi connectivity index (χ0n) is 9.93. The summed E-state index contributed by atoms with van der Waals surface area (Å²) in [5.41, 5.74) is 0.824. The Bertz CT molecular complexity index is 384. The number of hydrogen-bond acceptors (Lipinski definition) is 3. The van der Waals surface area contributed by atoms with Gasteiger partial charge in [-0.25, -0.2) is 0 Å². The molecule has 1 N–H and O–H groups in total. The van der Waals surface area contributed by atoms with Gasteiger partial charge in [0.1, 0.15) is 5.75 Å². The smallest absolute Gasteiger partial charge is 0.222 e. The van der Waals surface area contributed by atoms with Crippen molar-refractivity contribution in [1.82, 2.24) is 4.90 Å². The fourth-order valence-electron chi connectivity index (χ4n) is 1.71. The molecule has 0 aliphatic carbocycles. The molecule has 0 aromatic heterocycles. The number of hydrogen-bond donors (Lipinski definition) is 1. The lowest BCUT2D eigenvalue weighted by Gasteiger charge is -2.11. The number of aliphatic hydroxyl groups is 1. The highest BCUT2D eigenvalue weighted by molar-refractivity contribution is 5.78. The number of rotatable bonds is 5. The van der Waals surface area contributed by atoms with Gasteiger partial charge in [-0.2, -0.15) is 0 Å². The minimum absolute atomic E-state index is 0.137. The highest BCUT2D eigenvalue weighted by atomic mass is 16.5. The molecule has 2 rings (SSSR count). The van der Waals surface area contributed by atoms with Crippen LogP contribution in [0.15, 0.2) is 24.3 Å². The van der Waals surface area contributed by atoms with Crippen molar-refractivity contribution in [2.45, 2.75) is 18.9 Å². The SMILES string of the molecule is COc1ccc(C(O)CCC(=O)N2CC2)cc1. The lowest BCUT2D eigenvalue weighted by molar-refractivity contribution is -0.126. The molecule has 1 saturated heterocycles. The molecule has 1 aliphatic rings. The molecular formula is C13H17NO3. The first kappa shape index (κ1) is 11.9. The summed E-state index contributed by atoms with van der Waals surface area (Å²) in [6.07, 6.45) is 0.305. The van der Waals surface area contributed by atoms with Gasteiger partial charge in [0.05, 0.1) is 13.2 Å². The largest absolute Gasteiger partial charge is 0.497 e. The van der Waals surface area contributed by atoms with Crippen LogP contribution in [0.25, 0.3) is 0 Å². The summed E-state index contributed by atoms with van der Waals surface area (Å²) >= 11 is 0. The van der Waals surface area contributed by atoms with Crippen molar-refractivity contribution < 1.29 is 14.6 Å². The summed E-state index contributed by atoms with van der Waals surface area (Å²) in [4.78, 5) is 13.2. The Morgan fingerprint density at radius 2 is 2.06 bits per heavy atom. The van der Waals surface area contributed by atoms with E-state index in [1.807, 2.05) is 24.3 Å². The van der Waals surface area contributed by atoms with E-state index in [2.05, 4.69) is 0 Å². The van der Waals surface area contributed by atoms with E-state index in [9.17, 15) is 9.90 Å². The number of aliphatic hydroxyl groups excluding tert-OH is 1. The molecule has 1 unspecified atom stereocenters. The number of amides is 1. The van der Waals surface area contributed by atoms with E-state index in [1.54, 1.807) is 12.0 Å². The average molecular weight is 235 g/mol. The van der Waals surface area contributed by atoms with Gasteiger partial charge in [-0.3, -0.25) is 4.79 Å². The number of carbonyl (C=O) groups excluding carboxylic acids is 1. The molecule has 1 aromatic rings. The van der Waals surface area contributed by atoms with Gasteiger partial charge in [0.2, 0.25) is 5.91 Å². The molecule has 1 aromatic carbocycles. The molecule has 4 heteroatoms. The highest BCUT2D eigenvalue weighted by Gasteiger charge is 2.24. The molecule has 92 valence electrons. The second-order valence-corrected chi connectivity index (χ2v) is 4.21. The Balaban J connectivity index is 1.85. The van der Waals surface area contributed by atoms with Crippen molar-refractivity contribution in [2.75, 3.05) is 20.2 Å². The Kier molecular flexibility index (Phi) is 3.64. The maximum atomic E-state index is 11.4. The van der Waals surface area contributed by atoms with Crippen molar-refractivity contribution >= 4 is 5.91 Å². The molecule has 4 nitrogen and oxygen atoms in total. The molecule has 0 saturated carbocycles. The summed E-state index contributed by atoms with van der Waals surface area (Å²) < 4.78 is 5.04. The molecule has 17 heavy (non-hydrogen) atoms. The van der Waals surface area contributed by atoms with Crippen LogP contribution in [0, 0.1) is 0 Å². The fourth-order valence-corrected chi connectivity index (χ4v) is 1.71. The highest BCUT2D eigenvalue weighted by Crippen LogP contribution is 2.22. The second kappa shape index (κ2) is 5.19. The third kappa shape index (κ3) is 3.20. The van der Waals surface area contributed by atoms with E-state index >= 15 is 0 Å². The fraction of sp³-hybridized carbons (Fsp3) is 0.462. The minimum Gasteiger partial charge on any atom is -0.497 e. The maximum Gasteiger partial charge on any atom is 0.222 e. The summed E-state index contributed by atoms with van der Waals surface area (Å²) in [7, 11) is 1.61. The van der Waals surface area contributed by atoms with Gasteiger partial charge in [0.15, 0.2) is 0 Å². The Hall–Kier alpha value is -1.55. The van der Waals surface area contributed by atoms with E-state index < -0.39 is 6.10 Å². The van der Waals surface area contributed by atoms with Crippen LogP contribution >= 0.6 is 0 Å². The number of carbonyl (C=O) groups is 1. The van der Waals surface area contributed by atoms with Gasteiger partial charge in [-0.05, 0) is 24.1 Å². The molecular weight excluding hydrogens is 218 g/mol. The predicted molar refractivity (Wildman–Crippen MR) is 63.8 cm³/mol. The van der Waals surface area contributed by atoms with E-state index in [0.717, 1.165) is 24.4 Å². The first-order valence-electron chi connectivity index (χ1n) is 5.80. The third-order valence-corrected chi connectivity index (χ3v) is 2.93. The molecule has 0 spiro atoms. The molecule has 1 heterocycles. The lowest BCUT2D eigenvalue weighted by Crippen LogP contribution is -2.11. The van der Waals surface area contributed by atoms with E-state index in [1.165, 1.54) is 0 Å². The van der Waals surface area contributed by atoms with Crippen molar-refractivity contribution in [3.8, 4) is 5.75 Å². The van der Waals surface area contributed by atoms with Gasteiger partial charge in [-0.1, -0.05) is 12.1 Å². The molecule has 0 bridgehead atoms. The van der Waals surface area contributed by atoms with Gasteiger partial charge < -0.3 is 14.7 Å². The van der Waals surface area contributed by atoms with Gasteiger partial charge >= 0.3 is 0 Å². The Morgan fingerprint density at radius 1 is 1.41 bits per heavy atom. The van der Waals surface area contributed by atoms with E-state index in [0.29, 0.717) is 12.8 Å². The van der Waals surface area contributed by atoms with Crippen LogP contribution in [0.2, 0.25) is 0 Å². The van der Waals surface area contributed by atoms with Gasteiger partial charge in [-0.15, -0.1) is 0 Å². The first-order valence-corrected chi connectivity index (χ1v) is 5.80. The Labute approximate surface area is 101 Å². The number of benzene rings is 1. The quantitative estimate of drug-likeness (QED) is 0.784. The van der Waals surface area contributed by atoms with Crippen molar-refractivity contribution in [1.29, 1.82) is 0 Å². The minimum atomic E-state index is -0.579. The van der Waals surface area contributed by atoms with Crippen LogP contribution < -0.4 is 4.74 Å². The second-order valence-electron chi connectivity index (χ2n) is 4.21. The molecule has 1 aliphatic heterocycles. The summed E-state index contributed by atoms with van der Waals surface area (Å²) in [5.74, 6) is 0.902. The number of methoxy groups -OCH3 is 1. The maximum absolute atomic E-state index is 11.4. The van der Waals surface area contributed by atoms with Crippen LogP contribution in [0.4, 0.5) is 0 Å². The standard InChI is InChI=1S/C13H17NO3/c1-17-11-4-2-10(3-5-11)12(15)6-7-13(16)14-8-9-14/h2-5,12,15H,6-9H2,1H3. The normalized spacial score (nSPS) is 15.5. The topological polar surface area (TPSA) is 49.5 Å². The Morgan fingerprint density at radius 3 is 2.59 bits per heavy atom. The molecule has 1 amide bonds. The van der Waals surface area contributed by atoms with Crippen LogP contribution in [-0.2, 0) is 4.79 Å². The van der Waals surface area contributed by atoms with E-state index in [4.69, 9.17) is 4.74 Å². The zero-order valence-corrected chi connectivity index (χ0v) is 9.93. The van der Waals surface area contributed by atoms with Crippen LogP contribution in [0.1, 0.15) is 24.5 Å². The van der Waals surface area contributed by atoms with Gasteiger partial charge in [0.25, 0.3) is 0 Å². The summed E-state index contributed by atoms with van der Waals surface area (Å²) in [6.45, 7) is 1.74. The van der Waals surface area contributed by atoms with Gasteiger partial charge in [0, 0.05) is 19.5 Å². The lowest BCUT2D eigenvalue weighted by atomic mass is 10.0.